The molecule has 4 bridgehead atoms. The Morgan fingerprint density at radius 3 is 2.20 bits per heavy atom. The van der Waals surface area contributed by atoms with Gasteiger partial charge in [0.1, 0.15) is 36.4 Å². The van der Waals surface area contributed by atoms with Crippen LogP contribution in [0.3, 0.4) is 0 Å². The molecule has 6 rings (SSSR count). The first-order chi connectivity index (χ1) is 35.3. The number of aliphatic carboxylic acids is 1. The number of carbonyl (C=O) groups is 5. The fourth-order valence-corrected chi connectivity index (χ4v) is 8.91. The number of hydrogen-bond donors (Lipinski definition) is 10. The van der Waals surface area contributed by atoms with Gasteiger partial charge in [-0.2, -0.15) is 0 Å². The van der Waals surface area contributed by atoms with Crippen molar-refractivity contribution in [2.75, 3.05) is 13.7 Å². The van der Waals surface area contributed by atoms with Crippen LogP contribution in [0.15, 0.2) is 60.7 Å². The van der Waals surface area contributed by atoms with Gasteiger partial charge in [-0.15, -0.1) is 0 Å². The van der Waals surface area contributed by atoms with Crippen molar-refractivity contribution in [3.05, 3.63) is 87.5 Å². The van der Waals surface area contributed by atoms with Gasteiger partial charge in [-0.25, -0.2) is 4.79 Å². The lowest BCUT2D eigenvalue weighted by atomic mass is 9.96. The Hall–Kier alpha value is -6.43. The zero-order valence-corrected chi connectivity index (χ0v) is 42.3. The number of ether oxygens (including phenoxy) is 4. The number of methoxy groups -OCH3 is 1. The van der Waals surface area contributed by atoms with E-state index in [0.717, 1.165) is 56.7 Å². The first-order valence-electron chi connectivity index (χ1n) is 25.2. The second-order valence-corrected chi connectivity index (χ2v) is 19.2. The largest absolute Gasteiger partial charge is 0.490 e. The van der Waals surface area contributed by atoms with E-state index in [0.29, 0.717) is 12.0 Å². The van der Waals surface area contributed by atoms with E-state index >= 15 is 0 Å². The summed E-state index contributed by atoms with van der Waals surface area (Å²) in [6.45, 7) is 5.03. The molecule has 3 aromatic rings. The molecule has 0 aliphatic carbocycles. The second-order valence-electron chi connectivity index (χ2n) is 19.2. The highest BCUT2D eigenvalue weighted by atomic mass is 16.7. The zero-order valence-electron chi connectivity index (χ0n) is 42.3. The molecule has 1 saturated heterocycles. The number of aliphatic hydroxyl groups excluding tert-OH is 4. The number of carboxylic acid groups (broad SMARTS) is 1. The van der Waals surface area contributed by atoms with Gasteiger partial charge < -0.3 is 71.5 Å². The number of benzene rings is 3. The van der Waals surface area contributed by atoms with Crippen LogP contribution in [0.4, 0.5) is 5.69 Å². The molecule has 0 saturated carbocycles. The van der Waals surface area contributed by atoms with Crippen LogP contribution in [-0.2, 0) is 41.6 Å². The van der Waals surface area contributed by atoms with E-state index in [-0.39, 0.29) is 48.5 Å². The molecule has 0 aromatic heterocycles. The van der Waals surface area contributed by atoms with Gasteiger partial charge in [-0.1, -0.05) is 109 Å². The molecule has 3 aromatic carbocycles. The van der Waals surface area contributed by atoms with Crippen molar-refractivity contribution >= 4 is 35.3 Å². The quantitative estimate of drug-likeness (QED) is 0.0349. The van der Waals surface area contributed by atoms with Crippen molar-refractivity contribution < 1.29 is 73.4 Å². The number of nitrogens with one attached hydrogen (secondary N) is 4. The van der Waals surface area contributed by atoms with Gasteiger partial charge in [0.15, 0.2) is 17.6 Å². The lowest BCUT2D eigenvalue weighted by Gasteiger charge is -2.42. The molecule has 10 atom stereocenters. The van der Waals surface area contributed by atoms with Crippen LogP contribution in [0.2, 0.25) is 0 Å². The Kier molecular flexibility index (Phi) is 22.4. The Morgan fingerprint density at radius 2 is 1.58 bits per heavy atom. The van der Waals surface area contributed by atoms with Crippen molar-refractivity contribution in [3.63, 3.8) is 0 Å². The van der Waals surface area contributed by atoms with E-state index < -0.39 is 125 Å². The third kappa shape index (κ3) is 16.3. The van der Waals surface area contributed by atoms with Crippen LogP contribution in [0.25, 0.3) is 0 Å². The zero-order chi connectivity index (χ0) is 54.1. The van der Waals surface area contributed by atoms with Crippen molar-refractivity contribution in [2.24, 2.45) is 11.7 Å². The van der Waals surface area contributed by atoms with Gasteiger partial charge in [0.25, 0.3) is 0 Å². The number of carboxylic acids is 1. The topological polar surface area (TPSA) is 341 Å². The van der Waals surface area contributed by atoms with Gasteiger partial charge >= 0.3 is 11.7 Å². The van der Waals surface area contributed by atoms with Gasteiger partial charge in [-0.05, 0) is 53.6 Å². The summed E-state index contributed by atoms with van der Waals surface area (Å²) in [6.07, 6.45) is -0.450. The highest BCUT2D eigenvalue weighted by Gasteiger charge is 2.47. The first-order valence-corrected chi connectivity index (χ1v) is 25.2. The van der Waals surface area contributed by atoms with Crippen LogP contribution in [-0.4, -0.2) is 129 Å². The SMILES string of the molecule is CCCCCCCCCCCC(=O)N[C@H]1[C@H](Oc2cc3cc(c2OC)Oc2ccc(cc2[N+](=O)[O-])C[C@H](NC(=O)[C@H](N)CC(C)C)C(=O)N[C@H](Cc2ccccc2)C(=O)N[C@H]3[C@H](O)C(=O)O)O[C@H](CO)[C@@H](O)[C@@H]1O. The summed E-state index contributed by atoms with van der Waals surface area (Å²) in [5.74, 6) is -6.54. The summed E-state index contributed by atoms with van der Waals surface area (Å²) < 4.78 is 24.2. The molecule has 1 fully saturated rings. The minimum atomic E-state index is -2.45. The van der Waals surface area contributed by atoms with E-state index in [2.05, 4.69) is 28.2 Å². The maximum Gasteiger partial charge on any atom is 0.335 e. The predicted octanol–water partition coefficient (Wildman–Crippen LogP) is 3.36. The average Bonchev–Trinajstić information content (AvgIpc) is 3.36. The van der Waals surface area contributed by atoms with Gasteiger partial charge in [0.05, 0.1) is 30.7 Å². The summed E-state index contributed by atoms with van der Waals surface area (Å²) >= 11 is 0. The smallest absolute Gasteiger partial charge is 0.335 e. The summed E-state index contributed by atoms with van der Waals surface area (Å²) in [4.78, 5) is 80.6. The van der Waals surface area contributed by atoms with Crippen molar-refractivity contribution in [1.82, 2.24) is 21.3 Å². The number of rotatable bonds is 24. The minimum Gasteiger partial charge on any atom is -0.490 e. The van der Waals surface area contributed by atoms with E-state index in [1.165, 1.54) is 32.1 Å². The van der Waals surface area contributed by atoms with Crippen LogP contribution in [0, 0.1) is 16.0 Å². The maximum atomic E-state index is 14.6. The number of hydrogen-bond acceptors (Lipinski definition) is 16. The average molecular weight is 1040 g/mol. The van der Waals surface area contributed by atoms with Crippen LogP contribution < -0.4 is 41.2 Å². The standard InChI is InChI=1S/C52H72N6O16/c1-5-6-7-8-9-10-11-12-16-19-41(60)56-43-45(62)44(61)40(28-59)74-52(43)73-39-27-32-26-38(47(39)71-4)72-37-21-20-31(25-36(37)58(69)70)24-35(54-48(64)33(53)22-29(2)3)49(65)55-34(23-30-17-14-13-15-18-30)50(66)57-42(32)46(63)51(67)68/h13-15,17-18,20-21,25-27,29,33-35,40,42-46,52,59,61-63H,5-12,16,19,22-24,28,53H2,1-4H3,(H,54,64)(H,55,65)(H,56,60)(H,57,66)(H,67,68)/t33-,34-,35+,40-,42-,43-,44-,45-,46+,52-/m1/s1. The number of unbranched alkanes of at least 4 members (excludes halogenated alkanes) is 8. The summed E-state index contributed by atoms with van der Waals surface area (Å²) in [5.41, 5.74) is 5.98. The molecule has 22 nitrogen and oxygen atoms in total. The molecular formula is C52H72N6O16. The van der Waals surface area contributed by atoms with E-state index in [4.69, 9.17) is 24.7 Å². The van der Waals surface area contributed by atoms with E-state index in [9.17, 15) is 59.6 Å². The van der Waals surface area contributed by atoms with Crippen LogP contribution >= 0.6 is 0 Å². The molecule has 0 unspecified atom stereocenters. The number of nitrogens with two attached hydrogens (primary N) is 1. The monoisotopic (exact) mass is 1040 g/mol. The van der Waals surface area contributed by atoms with E-state index in [1.807, 2.05) is 13.8 Å². The Balaban J connectivity index is 1.61. The molecule has 0 spiro atoms. The fourth-order valence-electron chi connectivity index (χ4n) is 8.91. The van der Waals surface area contributed by atoms with Crippen LogP contribution in [0.5, 0.6) is 23.0 Å². The fraction of sp³-hybridized carbons (Fsp3) is 0.558. The van der Waals surface area contributed by atoms with Crippen molar-refractivity contribution in [1.29, 1.82) is 0 Å². The molecule has 3 heterocycles. The third-order valence-electron chi connectivity index (χ3n) is 12.9. The molecule has 3 aliphatic heterocycles. The number of aliphatic hydroxyl groups is 4. The molecule has 406 valence electrons. The molecule has 11 N–H and O–H groups in total. The van der Waals surface area contributed by atoms with Crippen molar-refractivity contribution in [3.8, 4) is 23.0 Å². The third-order valence-corrected chi connectivity index (χ3v) is 12.9. The molecule has 3 aliphatic rings. The van der Waals surface area contributed by atoms with Gasteiger partial charge in [0.2, 0.25) is 41.4 Å². The van der Waals surface area contributed by atoms with Gasteiger partial charge in [-0.3, -0.25) is 29.3 Å². The van der Waals surface area contributed by atoms with Crippen LogP contribution in [0.1, 0.15) is 114 Å². The Morgan fingerprint density at radius 1 is 0.905 bits per heavy atom. The highest BCUT2D eigenvalue weighted by Crippen LogP contribution is 2.45. The molecule has 74 heavy (non-hydrogen) atoms. The van der Waals surface area contributed by atoms with Crippen molar-refractivity contribution in [2.45, 2.75) is 165 Å². The first kappa shape index (κ1) is 58.5. The summed E-state index contributed by atoms with van der Waals surface area (Å²) in [7, 11) is 1.17. The number of nitrogens with zero attached hydrogens (tertiary/aromatic N) is 1. The number of nitro groups is 1. The molecule has 0 radical (unpaired) electrons. The summed E-state index contributed by atoms with van der Waals surface area (Å²) in [6, 6.07) is 6.91. The number of nitro benzene ring substituents is 1. The van der Waals surface area contributed by atoms with E-state index in [1.54, 1.807) is 30.3 Å². The van der Waals surface area contributed by atoms with Gasteiger partial charge in [0, 0.05) is 25.3 Å². The lowest BCUT2D eigenvalue weighted by molar-refractivity contribution is -0.385. The number of amides is 4. The lowest BCUT2D eigenvalue weighted by Crippen LogP contribution is -2.65. The second kappa shape index (κ2) is 28.3. The Labute approximate surface area is 429 Å². The molecule has 22 heteroatoms. The molecule has 4 amide bonds. The predicted molar refractivity (Wildman–Crippen MR) is 268 cm³/mol. The number of carbonyl (C=O) groups excluding carboxylic acids is 4. The normalized spacial score (nSPS) is 22.9. The Bertz CT molecular complexity index is 2370. The summed E-state index contributed by atoms with van der Waals surface area (Å²) in [5, 5.41) is 77.5. The maximum absolute atomic E-state index is 14.6. The highest BCUT2D eigenvalue weighted by molar-refractivity contribution is 5.93. The molecular weight excluding hydrogens is 965 g/mol. The number of fused-ring (bicyclic) bond motifs is 9. The minimum absolute atomic E-state index is 0.00421.